The molecule has 3 rings (SSSR count). The van der Waals surface area contributed by atoms with Gasteiger partial charge in [0.25, 0.3) is 0 Å². The first-order valence-electron chi connectivity index (χ1n) is 7.75. The molecule has 2 heterocycles. The Bertz CT molecular complexity index is 685. The van der Waals surface area contributed by atoms with Gasteiger partial charge in [0.1, 0.15) is 0 Å². The van der Waals surface area contributed by atoms with Crippen molar-refractivity contribution >= 4 is 5.97 Å². The summed E-state index contributed by atoms with van der Waals surface area (Å²) in [6, 6.07) is 13.2. The fraction of sp³-hybridized carbons (Fsp3) is 0.333. The van der Waals surface area contributed by atoms with E-state index in [0.717, 1.165) is 30.6 Å². The second-order valence-electron chi connectivity index (χ2n) is 5.76. The topological polar surface area (TPSA) is 71.5 Å². The molecule has 120 valence electrons. The predicted octanol–water partition coefficient (Wildman–Crippen LogP) is 3.00. The van der Waals surface area contributed by atoms with Crippen LogP contribution in [-0.2, 0) is 0 Å². The van der Waals surface area contributed by atoms with Gasteiger partial charge in [0, 0.05) is 23.7 Å². The Labute approximate surface area is 135 Å². The van der Waals surface area contributed by atoms with Gasteiger partial charge in [0.05, 0.1) is 12.7 Å². The highest BCUT2D eigenvalue weighted by molar-refractivity contribution is 5.87. The number of rotatable bonds is 4. The third-order valence-electron chi connectivity index (χ3n) is 4.34. The average molecular weight is 312 g/mol. The lowest BCUT2D eigenvalue weighted by Gasteiger charge is -2.30. The molecule has 0 saturated carbocycles. The third kappa shape index (κ3) is 3.51. The number of carboxylic acid groups (broad SMARTS) is 1. The van der Waals surface area contributed by atoms with E-state index in [1.165, 1.54) is 0 Å². The number of hydrogen-bond donors (Lipinski definition) is 2. The van der Waals surface area contributed by atoms with Crippen molar-refractivity contribution in [3.63, 3.8) is 0 Å². The zero-order valence-corrected chi connectivity index (χ0v) is 13.0. The molecule has 2 atom stereocenters. The molecule has 1 aliphatic heterocycles. The van der Waals surface area contributed by atoms with Gasteiger partial charge in [-0.3, -0.25) is 0 Å². The van der Waals surface area contributed by atoms with Gasteiger partial charge in [-0.1, -0.05) is 18.2 Å². The summed E-state index contributed by atoms with van der Waals surface area (Å²) in [4.78, 5) is 15.5. The first-order valence-corrected chi connectivity index (χ1v) is 7.75. The monoisotopic (exact) mass is 312 g/mol. The maximum absolute atomic E-state index is 11.0. The molecule has 0 aliphatic carbocycles. The first-order chi connectivity index (χ1) is 11.2. The Balaban J connectivity index is 1.76. The van der Waals surface area contributed by atoms with Gasteiger partial charge in [-0.15, -0.1) is 0 Å². The number of carbonyl (C=O) groups is 1. The quantitative estimate of drug-likeness (QED) is 0.908. The lowest BCUT2D eigenvalue weighted by Crippen LogP contribution is -2.31. The molecular weight excluding hydrogens is 292 g/mol. The number of benzene rings is 1. The molecule has 1 aromatic heterocycles. The van der Waals surface area contributed by atoms with Crippen LogP contribution in [0.1, 0.15) is 46.4 Å². The van der Waals surface area contributed by atoms with Crippen LogP contribution in [0, 0.1) is 0 Å². The highest BCUT2D eigenvalue weighted by Crippen LogP contribution is 2.34. The van der Waals surface area contributed by atoms with Crippen molar-refractivity contribution in [2.45, 2.75) is 24.8 Å². The van der Waals surface area contributed by atoms with Crippen LogP contribution in [0.15, 0.2) is 42.5 Å². The number of pyridine rings is 1. The lowest BCUT2D eigenvalue weighted by molar-refractivity contribution is 0.0697. The van der Waals surface area contributed by atoms with Crippen LogP contribution in [0.4, 0.5) is 0 Å². The average Bonchev–Trinajstić information content (AvgIpc) is 2.62. The Morgan fingerprint density at radius 2 is 2.04 bits per heavy atom. The molecule has 0 spiro atoms. The van der Waals surface area contributed by atoms with Gasteiger partial charge in [-0.25, -0.2) is 9.78 Å². The molecule has 1 aliphatic rings. The van der Waals surface area contributed by atoms with E-state index in [4.69, 9.17) is 9.84 Å². The Kier molecular flexibility index (Phi) is 4.57. The molecular formula is C18H20N2O3. The number of carboxylic acids is 1. The summed E-state index contributed by atoms with van der Waals surface area (Å²) in [5.74, 6) is 0.116. The Morgan fingerprint density at radius 1 is 1.26 bits per heavy atom. The molecule has 0 bridgehead atoms. The zero-order chi connectivity index (χ0) is 16.2. The number of aromatic nitrogens is 1. The highest BCUT2D eigenvalue weighted by Gasteiger charge is 2.25. The van der Waals surface area contributed by atoms with Gasteiger partial charge in [0.2, 0.25) is 5.88 Å². The maximum atomic E-state index is 11.0. The number of hydrogen-bond acceptors (Lipinski definition) is 4. The standard InChI is InChI=1S/C18H20N2O3/c1-23-17-4-2-3-15(20-17)14-9-10-19-16(11-14)12-5-7-13(8-6-12)18(21)22/h2-8,14,16,19H,9-11H2,1H3,(H,21,22)/t14?,16-/m0/s1. The van der Waals surface area contributed by atoms with Crippen molar-refractivity contribution in [3.05, 3.63) is 59.3 Å². The summed E-state index contributed by atoms with van der Waals surface area (Å²) in [7, 11) is 1.63. The number of ether oxygens (including phenoxy) is 1. The molecule has 23 heavy (non-hydrogen) atoms. The zero-order valence-electron chi connectivity index (χ0n) is 13.0. The molecule has 5 nitrogen and oxygen atoms in total. The molecule has 0 amide bonds. The third-order valence-corrected chi connectivity index (χ3v) is 4.34. The smallest absolute Gasteiger partial charge is 0.335 e. The van der Waals surface area contributed by atoms with Gasteiger partial charge in [-0.05, 0) is 43.1 Å². The molecule has 1 fully saturated rings. The minimum Gasteiger partial charge on any atom is -0.481 e. The number of nitrogens with zero attached hydrogens (tertiary/aromatic N) is 1. The summed E-state index contributed by atoms with van der Waals surface area (Å²) in [5.41, 5.74) is 2.48. The predicted molar refractivity (Wildman–Crippen MR) is 86.9 cm³/mol. The summed E-state index contributed by atoms with van der Waals surface area (Å²) < 4.78 is 5.21. The number of nitrogens with one attached hydrogen (secondary N) is 1. The highest BCUT2D eigenvalue weighted by atomic mass is 16.5. The van der Waals surface area contributed by atoms with Crippen molar-refractivity contribution in [3.8, 4) is 5.88 Å². The van der Waals surface area contributed by atoms with Crippen LogP contribution in [0.25, 0.3) is 0 Å². The van der Waals surface area contributed by atoms with Crippen LogP contribution in [0.3, 0.4) is 0 Å². The maximum Gasteiger partial charge on any atom is 0.335 e. The van der Waals surface area contributed by atoms with E-state index < -0.39 is 5.97 Å². The lowest BCUT2D eigenvalue weighted by atomic mass is 9.86. The summed E-state index contributed by atoms with van der Waals surface area (Å²) in [5, 5.41) is 12.5. The molecule has 2 N–H and O–H groups in total. The number of methoxy groups -OCH3 is 1. The van der Waals surface area contributed by atoms with E-state index in [1.807, 2.05) is 30.3 Å². The molecule has 1 aromatic carbocycles. The SMILES string of the molecule is COc1cccc(C2CCN[C@H](c3ccc(C(=O)O)cc3)C2)n1. The Hall–Kier alpha value is -2.40. The van der Waals surface area contributed by atoms with Crippen molar-refractivity contribution in [1.29, 1.82) is 0 Å². The fourth-order valence-corrected chi connectivity index (χ4v) is 3.07. The van der Waals surface area contributed by atoms with Crippen LogP contribution in [0.5, 0.6) is 5.88 Å². The molecule has 5 heteroatoms. The molecule has 0 radical (unpaired) electrons. The summed E-state index contributed by atoms with van der Waals surface area (Å²) in [6.07, 6.45) is 1.97. The van der Waals surface area contributed by atoms with Gasteiger partial charge >= 0.3 is 5.97 Å². The first kappa shape index (κ1) is 15.5. The normalized spacial score (nSPS) is 20.9. The number of aromatic carboxylic acids is 1. The van der Waals surface area contributed by atoms with Crippen LogP contribution in [0.2, 0.25) is 0 Å². The summed E-state index contributed by atoms with van der Waals surface area (Å²) >= 11 is 0. The second kappa shape index (κ2) is 6.79. The second-order valence-corrected chi connectivity index (χ2v) is 5.76. The van der Waals surface area contributed by atoms with Crippen LogP contribution < -0.4 is 10.1 Å². The molecule has 1 unspecified atom stereocenters. The van der Waals surface area contributed by atoms with Crippen LogP contribution in [-0.4, -0.2) is 29.7 Å². The van der Waals surface area contributed by atoms with Crippen molar-refractivity contribution in [2.24, 2.45) is 0 Å². The number of piperidine rings is 1. The van der Waals surface area contributed by atoms with Crippen molar-refractivity contribution in [1.82, 2.24) is 10.3 Å². The van der Waals surface area contributed by atoms with Gasteiger partial charge in [0.15, 0.2) is 0 Å². The van der Waals surface area contributed by atoms with Crippen molar-refractivity contribution in [2.75, 3.05) is 13.7 Å². The largest absolute Gasteiger partial charge is 0.481 e. The van der Waals surface area contributed by atoms with E-state index in [2.05, 4.69) is 10.3 Å². The fourth-order valence-electron chi connectivity index (χ4n) is 3.07. The van der Waals surface area contributed by atoms with E-state index in [9.17, 15) is 4.79 Å². The Morgan fingerprint density at radius 3 is 2.74 bits per heavy atom. The van der Waals surface area contributed by atoms with E-state index in [-0.39, 0.29) is 6.04 Å². The molecule has 2 aromatic rings. The van der Waals surface area contributed by atoms with E-state index >= 15 is 0 Å². The molecule has 1 saturated heterocycles. The van der Waals surface area contributed by atoms with E-state index in [1.54, 1.807) is 19.2 Å². The van der Waals surface area contributed by atoms with Crippen molar-refractivity contribution < 1.29 is 14.6 Å². The summed E-state index contributed by atoms with van der Waals surface area (Å²) in [6.45, 7) is 0.912. The minimum absolute atomic E-state index is 0.213. The van der Waals surface area contributed by atoms with Crippen LogP contribution >= 0.6 is 0 Å². The minimum atomic E-state index is -0.897. The van der Waals surface area contributed by atoms with Gasteiger partial charge < -0.3 is 15.2 Å². The van der Waals surface area contributed by atoms with E-state index in [0.29, 0.717) is 17.4 Å². The van der Waals surface area contributed by atoms with Gasteiger partial charge in [-0.2, -0.15) is 0 Å².